The first-order valence-electron chi connectivity index (χ1n) is 3.74. The molecule has 0 aliphatic heterocycles. The Hall–Kier alpha value is -0.350. The molecule has 4 heteroatoms. The third kappa shape index (κ3) is 3.91. The van der Waals surface area contributed by atoms with Crippen LogP contribution in [0.2, 0.25) is 0 Å². The van der Waals surface area contributed by atoms with E-state index in [1.807, 2.05) is 12.1 Å². The fourth-order valence-electron chi connectivity index (χ4n) is 0.762. The minimum atomic E-state index is -0.223. The normalized spacial score (nSPS) is 9.69. The number of hydrogen-bond acceptors (Lipinski definition) is 2. The zero-order valence-electron chi connectivity index (χ0n) is 6.80. The molecule has 13 heavy (non-hydrogen) atoms. The first-order valence-corrected chi connectivity index (χ1v) is 5.66. The van der Waals surface area contributed by atoms with Crippen LogP contribution in [0.1, 0.15) is 6.42 Å². The van der Waals surface area contributed by atoms with E-state index in [1.165, 1.54) is 0 Å². The maximum absolute atomic E-state index is 11.0. The van der Waals surface area contributed by atoms with Crippen LogP contribution in [-0.2, 0) is 4.79 Å². The van der Waals surface area contributed by atoms with E-state index in [2.05, 4.69) is 31.9 Å². The molecule has 0 heterocycles. The van der Waals surface area contributed by atoms with Gasteiger partial charge >= 0.3 is 5.97 Å². The zero-order valence-corrected chi connectivity index (χ0v) is 9.97. The van der Waals surface area contributed by atoms with Crippen molar-refractivity contribution in [3.05, 3.63) is 28.7 Å². The lowest BCUT2D eigenvalue weighted by Crippen LogP contribution is -2.07. The minimum Gasteiger partial charge on any atom is -0.427 e. The Balaban J connectivity index is 2.54. The van der Waals surface area contributed by atoms with Crippen molar-refractivity contribution in [2.75, 3.05) is 5.33 Å². The number of carbonyl (C=O) groups is 1. The topological polar surface area (TPSA) is 26.3 Å². The van der Waals surface area contributed by atoms with Crippen molar-refractivity contribution in [2.24, 2.45) is 0 Å². The van der Waals surface area contributed by atoms with Gasteiger partial charge in [-0.25, -0.2) is 0 Å². The van der Waals surface area contributed by atoms with Gasteiger partial charge in [0.1, 0.15) is 5.75 Å². The van der Waals surface area contributed by atoms with E-state index in [0.29, 0.717) is 17.5 Å². The fourth-order valence-corrected chi connectivity index (χ4v) is 1.35. The summed E-state index contributed by atoms with van der Waals surface area (Å²) in [6.45, 7) is 0. The summed E-state index contributed by atoms with van der Waals surface area (Å²) in [5, 5.41) is 0.627. The van der Waals surface area contributed by atoms with E-state index in [0.717, 1.165) is 4.47 Å². The second kappa shape index (κ2) is 5.40. The predicted octanol–water partition coefficient (Wildman–Crippen LogP) is 3.14. The maximum atomic E-state index is 11.0. The first-order chi connectivity index (χ1) is 6.22. The molecule has 0 amide bonds. The average Bonchev–Trinajstić information content (AvgIpc) is 2.09. The molecule has 2 nitrogen and oxygen atoms in total. The highest BCUT2D eigenvalue weighted by atomic mass is 79.9. The maximum Gasteiger partial charge on any atom is 0.312 e. The van der Waals surface area contributed by atoms with Crippen molar-refractivity contribution in [1.29, 1.82) is 0 Å². The quantitative estimate of drug-likeness (QED) is 0.487. The van der Waals surface area contributed by atoms with Gasteiger partial charge in [-0.2, -0.15) is 0 Å². The van der Waals surface area contributed by atoms with Crippen LogP contribution in [0.5, 0.6) is 5.75 Å². The van der Waals surface area contributed by atoms with Gasteiger partial charge in [0.15, 0.2) is 0 Å². The van der Waals surface area contributed by atoms with Crippen LogP contribution in [0.25, 0.3) is 0 Å². The van der Waals surface area contributed by atoms with E-state index in [-0.39, 0.29) is 5.97 Å². The summed E-state index contributed by atoms with van der Waals surface area (Å²) in [7, 11) is 0. The van der Waals surface area contributed by atoms with Gasteiger partial charge in [-0.3, -0.25) is 4.79 Å². The smallest absolute Gasteiger partial charge is 0.312 e. The second-order valence-corrected chi connectivity index (χ2v) is 4.08. The highest BCUT2D eigenvalue weighted by molar-refractivity contribution is 9.10. The lowest BCUT2D eigenvalue weighted by atomic mass is 10.3. The van der Waals surface area contributed by atoms with Crippen molar-refractivity contribution < 1.29 is 9.53 Å². The van der Waals surface area contributed by atoms with Gasteiger partial charge < -0.3 is 4.74 Å². The molecule has 70 valence electrons. The Morgan fingerprint density at radius 2 is 1.92 bits per heavy atom. The number of alkyl halides is 1. The Kier molecular flexibility index (Phi) is 4.45. The van der Waals surface area contributed by atoms with E-state index in [9.17, 15) is 4.79 Å². The lowest BCUT2D eigenvalue weighted by molar-refractivity contribution is -0.133. The van der Waals surface area contributed by atoms with Gasteiger partial charge in [0.2, 0.25) is 0 Å². The molecule has 0 N–H and O–H groups in total. The average molecular weight is 308 g/mol. The third-order valence-corrected chi connectivity index (χ3v) is 2.27. The Bertz CT molecular complexity index is 282. The van der Waals surface area contributed by atoms with Crippen LogP contribution in [0, 0.1) is 0 Å². The van der Waals surface area contributed by atoms with Gasteiger partial charge in [-0.05, 0) is 24.3 Å². The molecule has 0 saturated carbocycles. The molecule has 1 rings (SSSR count). The Morgan fingerprint density at radius 3 is 2.46 bits per heavy atom. The summed E-state index contributed by atoms with van der Waals surface area (Å²) in [5.41, 5.74) is 0. The largest absolute Gasteiger partial charge is 0.427 e. The third-order valence-electron chi connectivity index (χ3n) is 1.34. The van der Waals surface area contributed by atoms with Crippen LogP contribution in [0.15, 0.2) is 28.7 Å². The summed E-state index contributed by atoms with van der Waals surface area (Å²) in [5.74, 6) is 0.355. The molecular weight excluding hydrogens is 300 g/mol. The van der Waals surface area contributed by atoms with Crippen LogP contribution < -0.4 is 4.74 Å². The molecule has 1 aromatic carbocycles. The van der Waals surface area contributed by atoms with Gasteiger partial charge in [0.05, 0.1) is 6.42 Å². The molecule has 0 bridgehead atoms. The molecule has 0 fully saturated rings. The SMILES string of the molecule is O=C(CCBr)Oc1ccc(Br)cc1. The second-order valence-electron chi connectivity index (χ2n) is 2.37. The molecule has 1 aromatic rings. The number of benzene rings is 1. The number of hydrogen-bond donors (Lipinski definition) is 0. The molecule has 0 saturated heterocycles. The molecule has 0 unspecified atom stereocenters. The van der Waals surface area contributed by atoms with Crippen LogP contribution >= 0.6 is 31.9 Å². The monoisotopic (exact) mass is 306 g/mol. The summed E-state index contributed by atoms with van der Waals surface area (Å²) in [6, 6.07) is 7.15. The number of carbonyl (C=O) groups excluding carboxylic acids is 1. The van der Waals surface area contributed by atoms with Gasteiger partial charge in [-0.15, -0.1) is 0 Å². The summed E-state index contributed by atoms with van der Waals surface area (Å²) in [6.07, 6.45) is 0.385. The number of halogens is 2. The van der Waals surface area contributed by atoms with Gasteiger partial charge in [0.25, 0.3) is 0 Å². The van der Waals surface area contributed by atoms with Crippen molar-refractivity contribution in [1.82, 2.24) is 0 Å². The van der Waals surface area contributed by atoms with Crippen LogP contribution in [0.4, 0.5) is 0 Å². The van der Waals surface area contributed by atoms with E-state index in [1.54, 1.807) is 12.1 Å². The molecule has 0 spiro atoms. The highest BCUT2D eigenvalue weighted by Gasteiger charge is 2.02. The first kappa shape index (κ1) is 10.7. The van der Waals surface area contributed by atoms with E-state index >= 15 is 0 Å². The van der Waals surface area contributed by atoms with Crippen molar-refractivity contribution >= 4 is 37.8 Å². The van der Waals surface area contributed by atoms with Crippen molar-refractivity contribution in [3.8, 4) is 5.75 Å². The molecule has 0 atom stereocenters. The summed E-state index contributed by atoms with van der Waals surface area (Å²) in [4.78, 5) is 11.0. The molecule has 0 aliphatic rings. The number of esters is 1. The summed E-state index contributed by atoms with van der Waals surface area (Å²) >= 11 is 6.46. The number of rotatable bonds is 3. The van der Waals surface area contributed by atoms with E-state index < -0.39 is 0 Å². The van der Waals surface area contributed by atoms with Gasteiger partial charge in [-0.1, -0.05) is 31.9 Å². The van der Waals surface area contributed by atoms with E-state index in [4.69, 9.17) is 4.74 Å². The zero-order chi connectivity index (χ0) is 9.68. The fraction of sp³-hybridized carbons (Fsp3) is 0.222. The predicted molar refractivity (Wildman–Crippen MR) is 58.2 cm³/mol. The minimum absolute atomic E-state index is 0.223. The number of ether oxygens (including phenoxy) is 1. The Labute approximate surface area is 93.5 Å². The highest BCUT2D eigenvalue weighted by Crippen LogP contribution is 2.16. The molecule has 0 aliphatic carbocycles. The molecule has 0 radical (unpaired) electrons. The van der Waals surface area contributed by atoms with Gasteiger partial charge in [0, 0.05) is 9.80 Å². The lowest BCUT2D eigenvalue weighted by Gasteiger charge is -2.02. The van der Waals surface area contributed by atoms with Crippen molar-refractivity contribution in [3.63, 3.8) is 0 Å². The molecule has 0 aromatic heterocycles. The summed E-state index contributed by atoms with van der Waals surface area (Å²) < 4.78 is 5.99. The van der Waals surface area contributed by atoms with Crippen LogP contribution in [0.3, 0.4) is 0 Å². The standard InChI is InChI=1S/C9H8Br2O2/c10-6-5-9(12)13-8-3-1-7(11)2-4-8/h1-4H,5-6H2. The Morgan fingerprint density at radius 1 is 1.31 bits per heavy atom. The van der Waals surface area contributed by atoms with Crippen LogP contribution in [-0.4, -0.2) is 11.3 Å². The van der Waals surface area contributed by atoms with Crippen molar-refractivity contribution in [2.45, 2.75) is 6.42 Å². The molecular formula is C9H8Br2O2.